The Bertz CT molecular complexity index is 774. The molecular formula is C21H29N3O2. The number of amides is 1. The number of hydrogen-bond acceptors (Lipinski definition) is 4. The number of hydrogen-bond donors (Lipinski definition) is 0. The number of piperazine rings is 1. The second-order valence-corrected chi connectivity index (χ2v) is 7.89. The van der Waals surface area contributed by atoms with Gasteiger partial charge in [0.2, 0.25) is 0 Å². The highest BCUT2D eigenvalue weighted by Gasteiger charge is 2.26. The smallest absolute Gasteiger partial charge is 0.410 e. The van der Waals surface area contributed by atoms with Gasteiger partial charge >= 0.3 is 6.09 Å². The van der Waals surface area contributed by atoms with Gasteiger partial charge in [-0.05, 0) is 38.8 Å². The second kappa shape index (κ2) is 7.62. The van der Waals surface area contributed by atoms with Gasteiger partial charge < -0.3 is 9.64 Å². The van der Waals surface area contributed by atoms with Crippen molar-refractivity contribution in [1.29, 1.82) is 0 Å². The van der Waals surface area contributed by atoms with Crippen molar-refractivity contribution < 1.29 is 9.53 Å². The van der Waals surface area contributed by atoms with E-state index in [1.807, 2.05) is 20.8 Å². The first-order chi connectivity index (χ1) is 12.4. The fourth-order valence-electron chi connectivity index (χ4n) is 3.23. The Hall–Kier alpha value is -2.14. The number of benzene rings is 1. The van der Waals surface area contributed by atoms with Gasteiger partial charge in [-0.1, -0.05) is 31.2 Å². The molecule has 3 rings (SSSR count). The van der Waals surface area contributed by atoms with Crippen LogP contribution in [0, 0.1) is 0 Å². The lowest BCUT2D eigenvalue weighted by Gasteiger charge is -2.35. The van der Waals surface area contributed by atoms with Gasteiger partial charge in [0, 0.05) is 43.8 Å². The molecule has 1 aliphatic rings. The van der Waals surface area contributed by atoms with E-state index in [1.165, 1.54) is 10.9 Å². The van der Waals surface area contributed by atoms with E-state index in [0.29, 0.717) is 13.1 Å². The largest absolute Gasteiger partial charge is 0.444 e. The van der Waals surface area contributed by atoms with Gasteiger partial charge in [0.25, 0.3) is 0 Å². The van der Waals surface area contributed by atoms with Crippen LogP contribution in [0.15, 0.2) is 30.3 Å². The van der Waals surface area contributed by atoms with Crippen molar-refractivity contribution in [1.82, 2.24) is 14.8 Å². The molecule has 0 saturated carbocycles. The molecule has 1 aromatic carbocycles. The highest BCUT2D eigenvalue weighted by molar-refractivity contribution is 5.82. The highest BCUT2D eigenvalue weighted by atomic mass is 16.6. The molecule has 5 nitrogen and oxygen atoms in total. The third-order valence-corrected chi connectivity index (χ3v) is 4.64. The molecule has 0 atom stereocenters. The molecule has 140 valence electrons. The molecule has 5 heteroatoms. The summed E-state index contributed by atoms with van der Waals surface area (Å²) in [6.07, 6.45) is 0.732. The SMILES string of the molecule is CCc1ccc2cccc(CN3CCN(C(=O)OC(C)(C)C)CC3)c2n1. The van der Waals surface area contributed by atoms with E-state index in [1.54, 1.807) is 4.90 Å². The predicted octanol–water partition coefficient (Wildman–Crippen LogP) is 3.85. The fourth-order valence-corrected chi connectivity index (χ4v) is 3.23. The molecule has 1 fully saturated rings. The van der Waals surface area contributed by atoms with Gasteiger partial charge in [0.1, 0.15) is 5.60 Å². The Morgan fingerprint density at radius 1 is 1.12 bits per heavy atom. The fraction of sp³-hybridized carbons (Fsp3) is 0.524. The molecule has 1 aliphatic heterocycles. The van der Waals surface area contributed by atoms with Crippen LogP contribution in [0.25, 0.3) is 10.9 Å². The van der Waals surface area contributed by atoms with Gasteiger partial charge in [-0.3, -0.25) is 9.88 Å². The van der Waals surface area contributed by atoms with E-state index in [2.05, 4.69) is 42.2 Å². The van der Waals surface area contributed by atoms with E-state index in [-0.39, 0.29) is 6.09 Å². The molecular weight excluding hydrogens is 326 g/mol. The molecule has 1 saturated heterocycles. The van der Waals surface area contributed by atoms with E-state index < -0.39 is 5.60 Å². The highest BCUT2D eigenvalue weighted by Crippen LogP contribution is 2.20. The van der Waals surface area contributed by atoms with Gasteiger partial charge in [0.15, 0.2) is 0 Å². The predicted molar refractivity (Wildman–Crippen MR) is 104 cm³/mol. The van der Waals surface area contributed by atoms with Crippen molar-refractivity contribution in [3.63, 3.8) is 0 Å². The summed E-state index contributed by atoms with van der Waals surface area (Å²) in [7, 11) is 0. The van der Waals surface area contributed by atoms with Crippen LogP contribution in [0.2, 0.25) is 0 Å². The lowest BCUT2D eigenvalue weighted by molar-refractivity contribution is 0.0139. The average Bonchev–Trinajstić information content (AvgIpc) is 2.61. The normalized spacial score (nSPS) is 16.1. The molecule has 2 heterocycles. The second-order valence-electron chi connectivity index (χ2n) is 7.89. The number of carbonyl (C=O) groups is 1. The molecule has 2 aromatic rings. The van der Waals surface area contributed by atoms with Crippen molar-refractivity contribution in [3.05, 3.63) is 41.6 Å². The van der Waals surface area contributed by atoms with Crippen LogP contribution >= 0.6 is 0 Å². The zero-order valence-electron chi connectivity index (χ0n) is 16.3. The minimum atomic E-state index is -0.445. The van der Waals surface area contributed by atoms with E-state index in [9.17, 15) is 4.79 Å². The summed E-state index contributed by atoms with van der Waals surface area (Å²) in [5.74, 6) is 0. The summed E-state index contributed by atoms with van der Waals surface area (Å²) in [5.41, 5.74) is 3.03. The van der Waals surface area contributed by atoms with Gasteiger partial charge in [-0.2, -0.15) is 0 Å². The van der Waals surface area contributed by atoms with Crippen LogP contribution in [-0.4, -0.2) is 52.7 Å². The first-order valence-electron chi connectivity index (χ1n) is 9.43. The number of para-hydroxylation sites is 1. The van der Waals surface area contributed by atoms with E-state index >= 15 is 0 Å². The van der Waals surface area contributed by atoms with Gasteiger partial charge in [-0.25, -0.2) is 4.79 Å². The zero-order chi connectivity index (χ0) is 18.7. The van der Waals surface area contributed by atoms with Crippen molar-refractivity contribution in [3.8, 4) is 0 Å². The summed E-state index contributed by atoms with van der Waals surface area (Å²) in [6, 6.07) is 10.6. The minimum absolute atomic E-state index is 0.212. The average molecular weight is 355 g/mol. The molecule has 0 radical (unpaired) electrons. The summed E-state index contributed by atoms with van der Waals surface area (Å²) in [6.45, 7) is 11.8. The Kier molecular flexibility index (Phi) is 5.47. The van der Waals surface area contributed by atoms with Crippen LogP contribution in [0.3, 0.4) is 0 Å². The molecule has 0 aliphatic carbocycles. The topological polar surface area (TPSA) is 45.7 Å². The van der Waals surface area contributed by atoms with Crippen molar-refractivity contribution in [2.24, 2.45) is 0 Å². The summed E-state index contributed by atoms with van der Waals surface area (Å²) in [5, 5.41) is 1.19. The van der Waals surface area contributed by atoms with Crippen molar-refractivity contribution in [2.45, 2.75) is 46.3 Å². The lowest BCUT2D eigenvalue weighted by atomic mass is 10.1. The number of aryl methyl sites for hydroxylation is 1. The number of nitrogens with zero attached hydrogens (tertiary/aromatic N) is 3. The number of ether oxygens (including phenoxy) is 1. The quantitative estimate of drug-likeness (QED) is 0.839. The van der Waals surface area contributed by atoms with Crippen LogP contribution in [0.1, 0.15) is 39.0 Å². The standard InChI is InChI=1S/C21H29N3O2/c1-5-18-10-9-16-7-6-8-17(19(16)22-18)15-23-11-13-24(14-12-23)20(25)26-21(2,3)4/h6-10H,5,11-15H2,1-4H3. The first-order valence-corrected chi connectivity index (χ1v) is 9.43. The van der Waals surface area contributed by atoms with Crippen LogP contribution in [-0.2, 0) is 17.7 Å². The zero-order valence-corrected chi connectivity index (χ0v) is 16.3. The first kappa shape index (κ1) is 18.6. The van der Waals surface area contributed by atoms with Gasteiger partial charge in [0.05, 0.1) is 5.52 Å². The molecule has 0 unspecified atom stereocenters. The van der Waals surface area contributed by atoms with E-state index in [0.717, 1.165) is 37.3 Å². The molecule has 0 N–H and O–H groups in total. The molecule has 1 amide bonds. The molecule has 1 aromatic heterocycles. The Morgan fingerprint density at radius 2 is 1.85 bits per heavy atom. The number of fused-ring (bicyclic) bond motifs is 1. The number of rotatable bonds is 3. The van der Waals surface area contributed by atoms with E-state index in [4.69, 9.17) is 9.72 Å². The number of carbonyl (C=O) groups excluding carboxylic acids is 1. The third-order valence-electron chi connectivity index (χ3n) is 4.64. The van der Waals surface area contributed by atoms with Crippen molar-refractivity contribution in [2.75, 3.05) is 26.2 Å². The Morgan fingerprint density at radius 3 is 2.50 bits per heavy atom. The van der Waals surface area contributed by atoms with Gasteiger partial charge in [-0.15, -0.1) is 0 Å². The minimum Gasteiger partial charge on any atom is -0.444 e. The maximum Gasteiger partial charge on any atom is 0.410 e. The maximum atomic E-state index is 12.2. The van der Waals surface area contributed by atoms with Crippen LogP contribution < -0.4 is 0 Å². The molecule has 0 bridgehead atoms. The summed E-state index contributed by atoms with van der Waals surface area (Å²) < 4.78 is 5.47. The maximum absolute atomic E-state index is 12.2. The summed E-state index contributed by atoms with van der Waals surface area (Å²) in [4.78, 5) is 21.2. The Labute approximate surface area is 156 Å². The Balaban J connectivity index is 1.65. The molecule has 26 heavy (non-hydrogen) atoms. The third kappa shape index (κ3) is 4.52. The number of aromatic nitrogens is 1. The lowest BCUT2D eigenvalue weighted by Crippen LogP contribution is -2.49. The van der Waals surface area contributed by atoms with Crippen LogP contribution in [0.5, 0.6) is 0 Å². The monoisotopic (exact) mass is 355 g/mol. The summed E-state index contributed by atoms with van der Waals surface area (Å²) >= 11 is 0. The van der Waals surface area contributed by atoms with Crippen molar-refractivity contribution >= 4 is 17.0 Å². The van der Waals surface area contributed by atoms with Crippen LogP contribution in [0.4, 0.5) is 4.79 Å². The number of pyridine rings is 1. The molecule has 0 spiro atoms.